The van der Waals surface area contributed by atoms with Crippen LogP contribution in [0, 0.1) is 6.92 Å². The fourth-order valence-corrected chi connectivity index (χ4v) is 6.58. The lowest BCUT2D eigenvalue weighted by atomic mass is 10.2. The summed E-state index contributed by atoms with van der Waals surface area (Å²) in [6.07, 6.45) is 0. The topological polar surface area (TPSA) is 106 Å². The van der Waals surface area contributed by atoms with E-state index in [0.29, 0.717) is 35.8 Å². The van der Waals surface area contributed by atoms with E-state index in [1.165, 1.54) is 0 Å². The zero-order valence-electron chi connectivity index (χ0n) is 31.4. The summed E-state index contributed by atoms with van der Waals surface area (Å²) in [6, 6.07) is 53.6. The third kappa shape index (κ3) is 6.87. The largest absolute Gasteiger partial charge is 0.497 e. The Hall–Kier alpha value is -7.86. The zero-order chi connectivity index (χ0) is 38.7. The Bertz CT molecular complexity index is 2500. The molecule has 12 heteroatoms. The van der Waals surface area contributed by atoms with E-state index >= 15 is 0 Å². The molecule has 0 fully saturated rings. The smallest absolute Gasteiger partial charge is 0.246 e. The van der Waals surface area contributed by atoms with Crippen molar-refractivity contribution in [3.05, 3.63) is 169 Å². The number of para-hydroxylation sites is 3. The second kappa shape index (κ2) is 15.1. The van der Waals surface area contributed by atoms with Crippen molar-refractivity contribution in [3.63, 3.8) is 0 Å². The fourth-order valence-electron chi connectivity index (χ4n) is 6.58. The maximum atomic E-state index is 5.50. The number of guanidine groups is 6. The first-order valence-electron chi connectivity index (χ1n) is 18.3. The lowest BCUT2D eigenvalue weighted by molar-refractivity contribution is 0.414. The van der Waals surface area contributed by atoms with Crippen molar-refractivity contribution >= 4 is 69.9 Å². The van der Waals surface area contributed by atoms with E-state index in [1.54, 1.807) is 19.1 Å². The van der Waals surface area contributed by atoms with E-state index in [0.717, 1.165) is 51.2 Å². The maximum Gasteiger partial charge on any atom is 0.246 e. The first-order chi connectivity index (χ1) is 28.1. The molecule has 278 valence electrons. The number of rotatable bonds is 8. The van der Waals surface area contributed by atoms with Crippen LogP contribution < -0.4 is 24.2 Å². The normalized spacial score (nSPS) is 14.1. The van der Waals surface area contributed by atoms with E-state index in [2.05, 4.69) is 31.2 Å². The van der Waals surface area contributed by atoms with Gasteiger partial charge in [0.25, 0.3) is 0 Å². The summed E-state index contributed by atoms with van der Waals surface area (Å²) in [7, 11) is 3.29. The van der Waals surface area contributed by atoms with Crippen molar-refractivity contribution in [1.29, 1.82) is 0 Å². The molecule has 0 radical (unpaired) electrons. The Labute approximate surface area is 330 Å². The van der Waals surface area contributed by atoms with Gasteiger partial charge < -0.3 is 9.47 Å². The van der Waals surface area contributed by atoms with Gasteiger partial charge in [0.2, 0.25) is 35.8 Å². The Kier molecular flexibility index (Phi) is 9.25. The molecule has 57 heavy (non-hydrogen) atoms. The van der Waals surface area contributed by atoms with Crippen LogP contribution in [0.2, 0.25) is 0 Å². The van der Waals surface area contributed by atoms with Crippen molar-refractivity contribution < 1.29 is 9.47 Å². The molecule has 3 aliphatic heterocycles. The molecule has 0 saturated heterocycles. The van der Waals surface area contributed by atoms with Crippen LogP contribution in [0.3, 0.4) is 0 Å². The van der Waals surface area contributed by atoms with Gasteiger partial charge in [0.15, 0.2) is 0 Å². The lowest BCUT2D eigenvalue weighted by Gasteiger charge is -2.36. The van der Waals surface area contributed by atoms with E-state index in [1.807, 2.05) is 154 Å². The van der Waals surface area contributed by atoms with Crippen LogP contribution in [-0.2, 0) is 0 Å². The van der Waals surface area contributed by atoms with Crippen LogP contribution in [0.1, 0.15) is 5.56 Å². The van der Waals surface area contributed by atoms with Gasteiger partial charge in [-0.25, -0.2) is 4.90 Å². The Morgan fingerprint density at radius 1 is 0.351 bits per heavy atom. The third-order valence-electron chi connectivity index (χ3n) is 9.40. The van der Waals surface area contributed by atoms with Crippen LogP contribution >= 0.6 is 0 Å². The van der Waals surface area contributed by atoms with Crippen LogP contribution in [0.4, 0.5) is 34.1 Å². The quantitative estimate of drug-likeness (QED) is 0.154. The highest BCUT2D eigenvalue weighted by Gasteiger charge is 2.39. The van der Waals surface area contributed by atoms with Crippen molar-refractivity contribution in [2.24, 2.45) is 30.0 Å². The minimum absolute atomic E-state index is 0.298. The molecule has 0 atom stereocenters. The average molecular weight is 749 g/mol. The molecule has 0 aliphatic carbocycles. The standard InChI is InChI=1S/C45H36N10O2/c1-31-19-21-35(22-20-31)52(32-13-7-4-8-14-32)40-46-43-48-41(53(33-15-9-5-10-16-33)36-23-27-38(56-2)28-24-36)50-45-51-42(49-44(47-40)55(43)45)54(34-17-11-6-12-18-34)37-25-29-39(57-3)30-26-37/h4-30H,1-3H3. The second-order valence-corrected chi connectivity index (χ2v) is 13.1. The van der Waals surface area contributed by atoms with Gasteiger partial charge in [-0.05, 0) is 104 Å². The number of aliphatic imine (C=N–C) groups is 6. The highest BCUT2D eigenvalue weighted by molar-refractivity contribution is 6.34. The highest BCUT2D eigenvalue weighted by Crippen LogP contribution is 2.34. The number of methoxy groups -OCH3 is 2. The van der Waals surface area contributed by atoms with Crippen LogP contribution in [0.5, 0.6) is 11.5 Å². The average Bonchev–Trinajstić information content (AvgIpc) is 3.26. The van der Waals surface area contributed by atoms with Gasteiger partial charge in [-0.3, -0.25) is 14.7 Å². The van der Waals surface area contributed by atoms with Crippen molar-refractivity contribution in [2.45, 2.75) is 6.92 Å². The highest BCUT2D eigenvalue weighted by atomic mass is 16.5. The van der Waals surface area contributed by atoms with Gasteiger partial charge in [0, 0.05) is 34.1 Å². The van der Waals surface area contributed by atoms with Gasteiger partial charge in [-0.1, -0.05) is 72.3 Å². The number of ether oxygens (including phenoxy) is 2. The number of benzene rings is 6. The molecule has 12 nitrogen and oxygen atoms in total. The maximum absolute atomic E-state index is 5.50. The summed E-state index contributed by atoms with van der Waals surface area (Å²) in [4.78, 5) is 38.4. The summed E-state index contributed by atoms with van der Waals surface area (Å²) in [5.41, 5.74) is 6.18. The molecule has 6 aromatic carbocycles. The molecular weight excluding hydrogens is 713 g/mol. The Morgan fingerprint density at radius 3 is 0.930 bits per heavy atom. The summed E-state index contributed by atoms with van der Waals surface area (Å²) < 4.78 is 11.0. The number of nitrogens with zero attached hydrogens (tertiary/aromatic N) is 10. The molecular formula is C45H36N10O2. The van der Waals surface area contributed by atoms with Crippen LogP contribution in [0.25, 0.3) is 0 Å². The van der Waals surface area contributed by atoms with Gasteiger partial charge in [-0.15, -0.1) is 0 Å². The molecule has 3 aliphatic rings. The molecule has 0 bridgehead atoms. The molecule has 0 amide bonds. The molecule has 0 aromatic heterocycles. The first kappa shape index (κ1) is 34.9. The second-order valence-electron chi connectivity index (χ2n) is 13.1. The molecule has 0 spiro atoms. The number of hydrogen-bond donors (Lipinski definition) is 0. The molecule has 9 rings (SSSR count). The van der Waals surface area contributed by atoms with Crippen LogP contribution in [0.15, 0.2) is 194 Å². The predicted octanol–water partition coefficient (Wildman–Crippen LogP) is 9.31. The zero-order valence-corrected chi connectivity index (χ0v) is 31.4. The van der Waals surface area contributed by atoms with Crippen LogP contribution in [-0.4, -0.2) is 54.9 Å². The molecule has 6 aromatic rings. The van der Waals surface area contributed by atoms with Crippen molar-refractivity contribution in [2.75, 3.05) is 28.9 Å². The van der Waals surface area contributed by atoms with E-state index < -0.39 is 0 Å². The summed E-state index contributed by atoms with van der Waals surface area (Å²) in [5.74, 6) is 3.43. The van der Waals surface area contributed by atoms with E-state index in [9.17, 15) is 0 Å². The van der Waals surface area contributed by atoms with E-state index in [-0.39, 0.29) is 0 Å². The minimum atomic E-state index is 0.298. The monoisotopic (exact) mass is 748 g/mol. The number of aryl methyl sites for hydroxylation is 1. The van der Waals surface area contributed by atoms with Crippen molar-refractivity contribution in [3.8, 4) is 11.5 Å². The number of hydrogen-bond acceptors (Lipinski definition) is 12. The molecule has 0 unspecified atom stereocenters. The van der Waals surface area contributed by atoms with Gasteiger partial charge in [0.05, 0.1) is 14.2 Å². The van der Waals surface area contributed by atoms with Gasteiger partial charge in [0.1, 0.15) is 11.5 Å². The minimum Gasteiger partial charge on any atom is -0.497 e. The molecule has 3 heterocycles. The number of anilines is 6. The fraction of sp³-hybridized carbons (Fsp3) is 0.0667. The summed E-state index contributed by atoms with van der Waals surface area (Å²) >= 11 is 0. The molecule has 0 saturated carbocycles. The Morgan fingerprint density at radius 2 is 0.632 bits per heavy atom. The van der Waals surface area contributed by atoms with E-state index in [4.69, 9.17) is 39.4 Å². The lowest BCUT2D eigenvalue weighted by Crippen LogP contribution is -2.51. The summed E-state index contributed by atoms with van der Waals surface area (Å²) in [5, 5.41) is 0. The predicted molar refractivity (Wildman–Crippen MR) is 229 cm³/mol. The first-order valence-corrected chi connectivity index (χ1v) is 18.3. The van der Waals surface area contributed by atoms with Crippen molar-refractivity contribution in [1.82, 2.24) is 4.90 Å². The van der Waals surface area contributed by atoms with Gasteiger partial charge >= 0.3 is 0 Å². The summed E-state index contributed by atoms with van der Waals surface area (Å²) in [6.45, 7) is 2.06. The molecule has 0 N–H and O–H groups in total. The third-order valence-corrected chi connectivity index (χ3v) is 9.40. The van der Waals surface area contributed by atoms with Gasteiger partial charge in [-0.2, -0.15) is 30.0 Å². The Balaban J connectivity index is 1.27. The SMILES string of the molecule is COc1ccc(N(C2=NC3=NC(N(c4ccccc4)c4ccc(OC)cc4)=NC4=NC(N(c5ccccc5)c5ccc(C)cc5)=NC(=N2)N43)c2ccccc2)cc1.